The third-order valence-electron chi connectivity index (χ3n) is 6.51. The molecule has 3 heterocycles. The maximum absolute atomic E-state index is 13.2. The van der Waals surface area contributed by atoms with Crippen LogP contribution in [0.4, 0.5) is 5.95 Å². The molecule has 30 heavy (non-hydrogen) atoms. The number of aromatic amines is 1. The number of aryl methyl sites for hydroxylation is 1. The van der Waals surface area contributed by atoms with Crippen LogP contribution in [0.3, 0.4) is 0 Å². The van der Waals surface area contributed by atoms with Crippen molar-refractivity contribution in [2.24, 2.45) is 13.0 Å². The molecule has 3 aromatic rings. The monoisotopic (exact) mass is 409 g/mol. The third-order valence-corrected chi connectivity index (χ3v) is 6.51. The molecule has 1 saturated carbocycles. The minimum atomic E-state index is -0.299. The number of anilines is 1. The lowest BCUT2D eigenvalue weighted by Gasteiger charge is -2.38. The summed E-state index contributed by atoms with van der Waals surface area (Å²) in [6.45, 7) is 0.750. The van der Waals surface area contributed by atoms with Gasteiger partial charge in [0.05, 0.1) is 24.8 Å². The van der Waals surface area contributed by atoms with Gasteiger partial charge in [-0.2, -0.15) is 5.10 Å². The van der Waals surface area contributed by atoms with Crippen LogP contribution in [0.5, 0.6) is 5.75 Å². The van der Waals surface area contributed by atoms with Gasteiger partial charge in [0.1, 0.15) is 16.8 Å². The summed E-state index contributed by atoms with van der Waals surface area (Å²) in [6, 6.07) is 3.86. The summed E-state index contributed by atoms with van der Waals surface area (Å²) in [4.78, 5) is 21.1. The van der Waals surface area contributed by atoms with Gasteiger partial charge in [0.15, 0.2) is 0 Å². The van der Waals surface area contributed by atoms with Crippen LogP contribution in [0.25, 0.3) is 22.2 Å². The van der Waals surface area contributed by atoms with Gasteiger partial charge < -0.3 is 14.5 Å². The standard InChI is InChI=1S/C22H27N5O3/c1-27-13-14(12-23-27)15-7-8-17(29-2)19-18(15)24-21(25-19)26-20(28)16-6-5-10-22(16)9-3-4-11-30-22/h7-8,12-13,16H,3-6,9-11H2,1-2H3,(H2,24,25,26,28). The van der Waals surface area contributed by atoms with E-state index in [0.717, 1.165) is 67.3 Å². The van der Waals surface area contributed by atoms with E-state index in [0.29, 0.717) is 11.7 Å². The molecule has 2 atom stereocenters. The molecule has 0 radical (unpaired) electrons. The fourth-order valence-corrected chi connectivity index (χ4v) is 5.05. The minimum Gasteiger partial charge on any atom is -0.494 e. The quantitative estimate of drug-likeness (QED) is 0.686. The third kappa shape index (κ3) is 3.15. The number of H-pyrrole nitrogens is 1. The van der Waals surface area contributed by atoms with Crippen LogP contribution in [-0.4, -0.2) is 45.0 Å². The first-order valence-corrected chi connectivity index (χ1v) is 10.6. The number of ether oxygens (including phenoxy) is 2. The summed E-state index contributed by atoms with van der Waals surface area (Å²) in [6.07, 6.45) is 9.76. The number of aromatic nitrogens is 4. The van der Waals surface area contributed by atoms with Crippen LogP contribution >= 0.6 is 0 Å². The normalized spacial score (nSPS) is 23.9. The fraction of sp³-hybridized carbons (Fsp3) is 0.500. The molecule has 1 amide bonds. The molecule has 0 bridgehead atoms. The van der Waals surface area contributed by atoms with Crippen molar-refractivity contribution >= 4 is 22.9 Å². The predicted octanol–water partition coefficient (Wildman–Crippen LogP) is 3.65. The molecule has 1 spiro atoms. The van der Waals surface area contributed by atoms with Crippen molar-refractivity contribution in [2.45, 2.75) is 44.1 Å². The lowest BCUT2D eigenvalue weighted by Crippen LogP contribution is -2.45. The van der Waals surface area contributed by atoms with Crippen molar-refractivity contribution in [3.63, 3.8) is 0 Å². The van der Waals surface area contributed by atoms with Gasteiger partial charge in [-0.15, -0.1) is 0 Å². The van der Waals surface area contributed by atoms with E-state index >= 15 is 0 Å². The summed E-state index contributed by atoms with van der Waals surface area (Å²) < 4.78 is 13.4. The molecule has 8 nitrogen and oxygen atoms in total. The lowest BCUT2D eigenvalue weighted by molar-refractivity contribution is -0.139. The first kappa shape index (κ1) is 19.1. The summed E-state index contributed by atoms with van der Waals surface area (Å²) in [7, 11) is 3.51. The predicted molar refractivity (Wildman–Crippen MR) is 113 cm³/mol. The number of rotatable bonds is 4. The topological polar surface area (TPSA) is 94.1 Å². The average molecular weight is 409 g/mol. The Bertz CT molecular complexity index is 1080. The molecule has 158 valence electrons. The van der Waals surface area contributed by atoms with E-state index in [9.17, 15) is 4.79 Å². The van der Waals surface area contributed by atoms with Gasteiger partial charge in [-0.05, 0) is 50.7 Å². The molecule has 5 rings (SSSR count). The Morgan fingerprint density at radius 1 is 1.33 bits per heavy atom. The van der Waals surface area contributed by atoms with Crippen molar-refractivity contribution in [1.82, 2.24) is 19.7 Å². The molecule has 2 aromatic heterocycles. The van der Waals surface area contributed by atoms with Gasteiger partial charge in [-0.1, -0.05) is 0 Å². The van der Waals surface area contributed by atoms with Gasteiger partial charge in [0.25, 0.3) is 0 Å². The number of methoxy groups -OCH3 is 1. The number of hydrogen-bond donors (Lipinski definition) is 2. The Morgan fingerprint density at radius 2 is 2.20 bits per heavy atom. The van der Waals surface area contributed by atoms with E-state index in [-0.39, 0.29) is 17.4 Å². The average Bonchev–Trinajstić information content (AvgIpc) is 3.46. The highest BCUT2D eigenvalue weighted by molar-refractivity contribution is 5.99. The van der Waals surface area contributed by atoms with Crippen molar-refractivity contribution in [3.8, 4) is 16.9 Å². The Balaban J connectivity index is 1.47. The Morgan fingerprint density at radius 3 is 2.93 bits per heavy atom. The molecular weight excluding hydrogens is 382 g/mol. The molecule has 2 aliphatic rings. The van der Waals surface area contributed by atoms with Crippen molar-refractivity contribution < 1.29 is 14.3 Å². The number of hydrogen-bond acceptors (Lipinski definition) is 5. The number of fused-ring (bicyclic) bond motifs is 1. The molecule has 2 unspecified atom stereocenters. The largest absolute Gasteiger partial charge is 0.494 e. The molecular formula is C22H27N5O3. The van der Waals surface area contributed by atoms with Crippen LogP contribution < -0.4 is 10.1 Å². The van der Waals surface area contributed by atoms with Crippen LogP contribution in [0, 0.1) is 5.92 Å². The lowest BCUT2D eigenvalue weighted by atomic mass is 9.83. The fourth-order valence-electron chi connectivity index (χ4n) is 5.05. The maximum Gasteiger partial charge on any atom is 0.232 e. The van der Waals surface area contributed by atoms with Crippen LogP contribution in [-0.2, 0) is 16.6 Å². The van der Waals surface area contributed by atoms with E-state index in [2.05, 4.69) is 15.4 Å². The second kappa shape index (κ2) is 7.43. The number of carbonyl (C=O) groups is 1. The first-order chi connectivity index (χ1) is 14.6. The summed E-state index contributed by atoms with van der Waals surface area (Å²) in [5.41, 5.74) is 3.09. The van der Waals surface area contributed by atoms with E-state index < -0.39 is 0 Å². The number of nitrogens with one attached hydrogen (secondary N) is 2. The second-order valence-electron chi connectivity index (χ2n) is 8.33. The Kier molecular flexibility index (Phi) is 4.73. The highest BCUT2D eigenvalue weighted by Crippen LogP contribution is 2.45. The molecule has 2 fully saturated rings. The van der Waals surface area contributed by atoms with Crippen LogP contribution in [0.2, 0.25) is 0 Å². The number of nitrogens with zero attached hydrogens (tertiary/aromatic N) is 3. The molecule has 1 aliphatic carbocycles. The molecule has 2 N–H and O–H groups in total. The zero-order valence-corrected chi connectivity index (χ0v) is 17.4. The Hall–Kier alpha value is -2.87. The van der Waals surface area contributed by atoms with Gasteiger partial charge in [-0.25, -0.2) is 4.98 Å². The minimum absolute atomic E-state index is 0.0182. The molecule has 1 aliphatic heterocycles. The van der Waals surface area contributed by atoms with Gasteiger partial charge in [0, 0.05) is 31.0 Å². The highest BCUT2D eigenvalue weighted by atomic mass is 16.5. The first-order valence-electron chi connectivity index (χ1n) is 10.6. The van der Waals surface area contributed by atoms with E-state index in [4.69, 9.17) is 14.5 Å². The number of amides is 1. The summed E-state index contributed by atoms with van der Waals surface area (Å²) in [5.74, 6) is 0.960. The van der Waals surface area contributed by atoms with Gasteiger partial charge in [0.2, 0.25) is 11.9 Å². The maximum atomic E-state index is 13.2. The Labute approximate surface area is 175 Å². The zero-order valence-electron chi connectivity index (χ0n) is 17.4. The summed E-state index contributed by atoms with van der Waals surface area (Å²) >= 11 is 0. The molecule has 8 heteroatoms. The number of imidazole rings is 1. The number of benzene rings is 1. The smallest absolute Gasteiger partial charge is 0.232 e. The number of carbonyl (C=O) groups excluding carboxylic acids is 1. The summed E-state index contributed by atoms with van der Waals surface area (Å²) in [5, 5.41) is 7.28. The van der Waals surface area contributed by atoms with Crippen molar-refractivity contribution in [2.75, 3.05) is 19.0 Å². The SMILES string of the molecule is COc1ccc(-c2cnn(C)c2)c2nc(NC(=O)C3CCCC34CCCCO4)[nH]c12. The second-order valence-corrected chi connectivity index (χ2v) is 8.33. The van der Waals surface area contributed by atoms with E-state index in [1.165, 1.54) is 0 Å². The van der Waals surface area contributed by atoms with Crippen LogP contribution in [0.15, 0.2) is 24.5 Å². The van der Waals surface area contributed by atoms with Crippen molar-refractivity contribution in [1.29, 1.82) is 0 Å². The highest BCUT2D eigenvalue weighted by Gasteiger charge is 2.48. The van der Waals surface area contributed by atoms with E-state index in [1.54, 1.807) is 18.0 Å². The van der Waals surface area contributed by atoms with Crippen LogP contribution in [0.1, 0.15) is 38.5 Å². The molecule has 1 saturated heterocycles. The zero-order chi connectivity index (χ0) is 20.7. The van der Waals surface area contributed by atoms with Crippen molar-refractivity contribution in [3.05, 3.63) is 24.5 Å². The molecule has 1 aromatic carbocycles. The van der Waals surface area contributed by atoms with Gasteiger partial charge in [-0.3, -0.25) is 14.8 Å². The van der Waals surface area contributed by atoms with Gasteiger partial charge >= 0.3 is 0 Å². The van der Waals surface area contributed by atoms with E-state index in [1.807, 2.05) is 25.4 Å².